The number of fused-ring (bicyclic) bond motifs is 1. The van der Waals surface area contributed by atoms with E-state index in [1.807, 2.05) is 13.0 Å². The van der Waals surface area contributed by atoms with Gasteiger partial charge in [-0.1, -0.05) is 5.16 Å². The Labute approximate surface area is 131 Å². The number of nitrogens with zero attached hydrogens (tertiary/aromatic N) is 2. The Morgan fingerprint density at radius 1 is 1.39 bits per heavy atom. The maximum absolute atomic E-state index is 12.3. The van der Waals surface area contributed by atoms with Crippen LogP contribution in [0.2, 0.25) is 0 Å². The summed E-state index contributed by atoms with van der Waals surface area (Å²) in [4.78, 5) is 27.0. The van der Waals surface area contributed by atoms with E-state index in [1.165, 1.54) is 4.57 Å². The summed E-state index contributed by atoms with van der Waals surface area (Å²) < 4.78 is 11.7. The second kappa shape index (κ2) is 5.42. The summed E-state index contributed by atoms with van der Waals surface area (Å²) in [5.41, 5.74) is 3.40. The number of esters is 1. The van der Waals surface area contributed by atoms with Gasteiger partial charge in [-0.3, -0.25) is 4.57 Å². The fourth-order valence-electron chi connectivity index (χ4n) is 2.80. The molecule has 0 unspecified atom stereocenters. The zero-order valence-corrected chi connectivity index (χ0v) is 13.4. The van der Waals surface area contributed by atoms with Gasteiger partial charge in [-0.15, -0.1) is 0 Å². The van der Waals surface area contributed by atoms with E-state index in [-0.39, 0.29) is 12.3 Å². The third kappa shape index (κ3) is 2.34. The topological polar surface area (TPSA) is 90.1 Å². The molecule has 7 heteroatoms. The first-order valence-corrected chi connectivity index (χ1v) is 7.27. The maximum Gasteiger partial charge on any atom is 0.340 e. The van der Waals surface area contributed by atoms with E-state index < -0.39 is 5.97 Å². The first-order valence-electron chi connectivity index (χ1n) is 7.27. The molecule has 0 bridgehead atoms. The van der Waals surface area contributed by atoms with Gasteiger partial charge >= 0.3 is 11.7 Å². The normalized spacial score (nSPS) is 11.1. The van der Waals surface area contributed by atoms with Crippen LogP contribution in [0.3, 0.4) is 0 Å². The predicted molar refractivity (Wildman–Crippen MR) is 84.5 cm³/mol. The van der Waals surface area contributed by atoms with E-state index in [1.54, 1.807) is 27.0 Å². The highest BCUT2D eigenvalue weighted by atomic mass is 16.5. The van der Waals surface area contributed by atoms with Gasteiger partial charge in [-0.2, -0.15) is 0 Å². The molecule has 0 amide bonds. The molecule has 0 aliphatic heterocycles. The summed E-state index contributed by atoms with van der Waals surface area (Å²) in [5.74, 6) is 0.177. The standard InChI is InChI=1S/C16H17N3O4/c1-5-22-15(20)11-6-10(13-8(2)18-23-9(13)3)7-12-14(11)19(4)16(21)17-12/h6-7H,5H2,1-4H3,(H,17,21). The van der Waals surface area contributed by atoms with Gasteiger partial charge in [0.25, 0.3) is 0 Å². The summed E-state index contributed by atoms with van der Waals surface area (Å²) >= 11 is 0. The highest BCUT2D eigenvalue weighted by molar-refractivity contribution is 6.04. The highest BCUT2D eigenvalue weighted by Gasteiger charge is 2.20. The van der Waals surface area contributed by atoms with Gasteiger partial charge in [0, 0.05) is 12.6 Å². The molecule has 0 aliphatic rings. The van der Waals surface area contributed by atoms with Gasteiger partial charge < -0.3 is 14.2 Å². The molecule has 0 saturated carbocycles. The molecule has 1 aromatic carbocycles. The van der Waals surface area contributed by atoms with Crippen molar-refractivity contribution in [3.05, 3.63) is 39.6 Å². The molecule has 0 radical (unpaired) electrons. The summed E-state index contributed by atoms with van der Waals surface area (Å²) in [6, 6.07) is 3.52. The number of benzene rings is 1. The largest absolute Gasteiger partial charge is 0.462 e. The third-order valence-corrected chi connectivity index (χ3v) is 3.81. The number of aromatic nitrogens is 3. The van der Waals surface area contributed by atoms with Crippen molar-refractivity contribution in [3.8, 4) is 11.1 Å². The second-order valence-corrected chi connectivity index (χ2v) is 5.33. The van der Waals surface area contributed by atoms with Gasteiger partial charge in [0.05, 0.1) is 28.9 Å². The van der Waals surface area contributed by atoms with Crippen LogP contribution in [0, 0.1) is 13.8 Å². The molecule has 0 atom stereocenters. The Morgan fingerprint density at radius 2 is 2.13 bits per heavy atom. The number of H-pyrrole nitrogens is 1. The van der Waals surface area contributed by atoms with E-state index in [0.29, 0.717) is 22.4 Å². The number of hydrogen-bond donors (Lipinski definition) is 1. The first kappa shape index (κ1) is 15.1. The molecule has 1 N–H and O–H groups in total. The van der Waals surface area contributed by atoms with E-state index in [4.69, 9.17) is 9.26 Å². The minimum Gasteiger partial charge on any atom is -0.462 e. The molecule has 120 valence electrons. The third-order valence-electron chi connectivity index (χ3n) is 3.81. The molecule has 7 nitrogen and oxygen atoms in total. The van der Waals surface area contributed by atoms with Crippen LogP contribution in [-0.4, -0.2) is 27.3 Å². The zero-order chi connectivity index (χ0) is 16.7. The molecule has 2 aromatic heterocycles. The van der Waals surface area contributed by atoms with Crippen LogP contribution in [0.5, 0.6) is 0 Å². The number of ether oxygens (including phenoxy) is 1. The monoisotopic (exact) mass is 315 g/mol. The Balaban J connectivity index is 2.34. The van der Waals surface area contributed by atoms with Crippen molar-refractivity contribution in [3.63, 3.8) is 0 Å². The number of carbonyl (C=O) groups is 1. The lowest BCUT2D eigenvalue weighted by Gasteiger charge is -2.08. The van der Waals surface area contributed by atoms with E-state index in [2.05, 4.69) is 10.1 Å². The number of aromatic amines is 1. The van der Waals surface area contributed by atoms with Crippen LogP contribution in [0.15, 0.2) is 21.5 Å². The van der Waals surface area contributed by atoms with Crippen LogP contribution in [0.25, 0.3) is 22.2 Å². The lowest BCUT2D eigenvalue weighted by molar-refractivity contribution is 0.0528. The molecule has 2 heterocycles. The maximum atomic E-state index is 12.3. The minimum atomic E-state index is -0.472. The van der Waals surface area contributed by atoms with Crippen LogP contribution in [0.4, 0.5) is 0 Å². The second-order valence-electron chi connectivity index (χ2n) is 5.33. The predicted octanol–water partition coefficient (Wildman–Crippen LogP) is 2.32. The number of nitrogens with one attached hydrogen (secondary N) is 1. The molecule has 3 rings (SSSR count). The summed E-state index contributed by atoms with van der Waals surface area (Å²) in [7, 11) is 1.61. The minimum absolute atomic E-state index is 0.258. The molecule has 0 spiro atoms. The summed E-state index contributed by atoms with van der Waals surface area (Å²) in [6.07, 6.45) is 0. The Bertz CT molecular complexity index is 942. The average Bonchev–Trinajstić information content (AvgIpc) is 2.98. The Morgan fingerprint density at radius 3 is 2.74 bits per heavy atom. The smallest absolute Gasteiger partial charge is 0.340 e. The van der Waals surface area contributed by atoms with Gasteiger partial charge in [-0.05, 0) is 38.5 Å². The first-order chi connectivity index (χ1) is 10.9. The van der Waals surface area contributed by atoms with Crippen LogP contribution < -0.4 is 5.69 Å². The van der Waals surface area contributed by atoms with Gasteiger partial charge in [0.2, 0.25) is 0 Å². The number of imidazole rings is 1. The Kier molecular flexibility index (Phi) is 3.55. The molecular weight excluding hydrogens is 298 g/mol. The van der Waals surface area contributed by atoms with E-state index >= 15 is 0 Å². The van der Waals surface area contributed by atoms with Gasteiger partial charge in [0.15, 0.2) is 0 Å². The van der Waals surface area contributed by atoms with Gasteiger partial charge in [-0.25, -0.2) is 9.59 Å². The van der Waals surface area contributed by atoms with Crippen LogP contribution in [0.1, 0.15) is 28.7 Å². The molecular formula is C16H17N3O4. The van der Waals surface area contributed by atoms with Crippen molar-refractivity contribution in [2.75, 3.05) is 6.61 Å². The van der Waals surface area contributed by atoms with Crippen molar-refractivity contribution >= 4 is 17.0 Å². The van der Waals surface area contributed by atoms with Gasteiger partial charge in [0.1, 0.15) is 5.76 Å². The van der Waals surface area contributed by atoms with Crippen molar-refractivity contribution in [2.45, 2.75) is 20.8 Å². The van der Waals surface area contributed by atoms with Crippen LogP contribution >= 0.6 is 0 Å². The molecule has 0 fully saturated rings. The molecule has 0 saturated heterocycles. The zero-order valence-electron chi connectivity index (χ0n) is 13.4. The van der Waals surface area contributed by atoms with Crippen LogP contribution in [-0.2, 0) is 11.8 Å². The van der Waals surface area contributed by atoms with E-state index in [0.717, 1.165) is 16.8 Å². The highest BCUT2D eigenvalue weighted by Crippen LogP contribution is 2.31. The number of hydrogen-bond acceptors (Lipinski definition) is 5. The van der Waals surface area contributed by atoms with Crippen molar-refractivity contribution in [1.29, 1.82) is 0 Å². The average molecular weight is 315 g/mol. The number of carbonyl (C=O) groups excluding carboxylic acids is 1. The quantitative estimate of drug-likeness (QED) is 0.749. The molecule has 23 heavy (non-hydrogen) atoms. The fourth-order valence-corrected chi connectivity index (χ4v) is 2.80. The molecule has 0 aliphatic carbocycles. The summed E-state index contributed by atoms with van der Waals surface area (Å²) in [6.45, 7) is 5.63. The fraction of sp³-hybridized carbons (Fsp3) is 0.312. The van der Waals surface area contributed by atoms with Crippen molar-refractivity contribution in [1.82, 2.24) is 14.7 Å². The number of aryl methyl sites for hydroxylation is 3. The molecule has 3 aromatic rings. The van der Waals surface area contributed by atoms with Crippen molar-refractivity contribution < 1.29 is 14.1 Å². The lowest BCUT2D eigenvalue weighted by atomic mass is 10.0. The SMILES string of the molecule is CCOC(=O)c1cc(-c2c(C)noc2C)cc2[nH]c(=O)n(C)c12. The Hall–Kier alpha value is -2.83. The van der Waals surface area contributed by atoms with Crippen molar-refractivity contribution in [2.24, 2.45) is 7.05 Å². The van der Waals surface area contributed by atoms with E-state index in [9.17, 15) is 9.59 Å². The lowest BCUT2D eigenvalue weighted by Crippen LogP contribution is -2.14. The number of rotatable bonds is 3. The summed E-state index contributed by atoms with van der Waals surface area (Å²) in [5, 5.41) is 3.94.